The fourth-order valence-electron chi connectivity index (χ4n) is 1.68. The fourth-order valence-corrected chi connectivity index (χ4v) is 4.20. The fraction of sp³-hybridized carbons (Fsp3) is 0.231. The Morgan fingerprint density at radius 2 is 1.95 bits per heavy atom. The van der Waals surface area contributed by atoms with Crippen LogP contribution in [0.4, 0.5) is 13.2 Å². The molecule has 0 saturated carbocycles. The lowest BCUT2D eigenvalue weighted by Gasteiger charge is -2.14. The highest BCUT2D eigenvalue weighted by atomic mass is 79.9. The number of hydrogen-bond donors (Lipinski definition) is 0. The van der Waals surface area contributed by atoms with Gasteiger partial charge in [-0.2, -0.15) is 13.2 Å². The van der Waals surface area contributed by atoms with Crippen molar-refractivity contribution in [1.29, 1.82) is 0 Å². The van der Waals surface area contributed by atoms with Crippen molar-refractivity contribution >= 4 is 43.2 Å². The molecule has 2 aromatic rings. The summed E-state index contributed by atoms with van der Waals surface area (Å²) >= 11 is 8.37. The molecule has 1 atom stereocenters. The third-order valence-electron chi connectivity index (χ3n) is 2.62. The molecule has 1 heterocycles. The van der Waals surface area contributed by atoms with E-state index in [4.69, 9.17) is 0 Å². The van der Waals surface area contributed by atoms with Gasteiger partial charge in [0, 0.05) is 14.2 Å². The van der Waals surface area contributed by atoms with Crippen molar-refractivity contribution in [3.63, 3.8) is 0 Å². The molecule has 6 heteroatoms. The van der Waals surface area contributed by atoms with Gasteiger partial charge in [0.1, 0.15) is 0 Å². The predicted octanol–water partition coefficient (Wildman–Crippen LogP) is 6.21. The zero-order chi connectivity index (χ0) is 14.0. The first-order valence-electron chi connectivity index (χ1n) is 5.41. The molecule has 102 valence electrons. The summed E-state index contributed by atoms with van der Waals surface area (Å²) in [7, 11) is 0. The minimum atomic E-state index is -4.31. The van der Waals surface area contributed by atoms with Crippen molar-refractivity contribution in [3.05, 3.63) is 56.2 Å². The average molecular weight is 414 g/mol. The number of alkyl halides is 4. The molecule has 0 spiro atoms. The number of hydrogen-bond acceptors (Lipinski definition) is 1. The minimum Gasteiger partial charge on any atom is -0.166 e. The number of thiophene rings is 1. The molecular formula is C13H9Br2F3S. The number of benzene rings is 1. The molecule has 0 N–H and O–H groups in total. The van der Waals surface area contributed by atoms with E-state index in [1.54, 1.807) is 11.3 Å². The van der Waals surface area contributed by atoms with Gasteiger partial charge in [-0.3, -0.25) is 0 Å². The first-order chi connectivity index (χ1) is 8.88. The molecule has 0 bridgehead atoms. The Balaban J connectivity index is 2.28. The van der Waals surface area contributed by atoms with Gasteiger partial charge in [-0.1, -0.05) is 37.9 Å². The van der Waals surface area contributed by atoms with E-state index in [0.717, 1.165) is 10.9 Å². The molecule has 1 aromatic heterocycles. The van der Waals surface area contributed by atoms with Crippen LogP contribution in [-0.4, -0.2) is 0 Å². The lowest BCUT2D eigenvalue weighted by atomic mass is 10.1. The van der Waals surface area contributed by atoms with E-state index in [1.807, 2.05) is 17.5 Å². The summed E-state index contributed by atoms with van der Waals surface area (Å²) in [5.41, 5.74) is -0.00967. The predicted molar refractivity (Wildman–Crippen MR) is 78.8 cm³/mol. The van der Waals surface area contributed by atoms with Crippen molar-refractivity contribution in [2.24, 2.45) is 0 Å². The van der Waals surface area contributed by atoms with E-state index < -0.39 is 11.7 Å². The van der Waals surface area contributed by atoms with Crippen molar-refractivity contribution in [3.8, 4) is 0 Å². The van der Waals surface area contributed by atoms with Crippen LogP contribution in [0, 0.1) is 0 Å². The lowest BCUT2D eigenvalue weighted by molar-refractivity contribution is -0.137. The molecule has 0 aliphatic heterocycles. The second kappa shape index (κ2) is 5.97. The van der Waals surface area contributed by atoms with Crippen LogP contribution in [0.1, 0.15) is 20.8 Å². The molecule has 0 radical (unpaired) electrons. The monoisotopic (exact) mass is 412 g/mol. The van der Waals surface area contributed by atoms with Gasteiger partial charge in [-0.05, 0) is 41.6 Å². The van der Waals surface area contributed by atoms with E-state index >= 15 is 0 Å². The molecule has 0 saturated heterocycles. The van der Waals surface area contributed by atoms with Crippen LogP contribution in [-0.2, 0) is 12.6 Å². The minimum absolute atomic E-state index is 0.150. The highest BCUT2D eigenvalue weighted by molar-refractivity contribution is 9.11. The van der Waals surface area contributed by atoms with Gasteiger partial charge >= 0.3 is 6.18 Å². The van der Waals surface area contributed by atoms with Crippen LogP contribution >= 0.6 is 43.2 Å². The van der Waals surface area contributed by atoms with Crippen LogP contribution < -0.4 is 0 Å². The van der Waals surface area contributed by atoms with Gasteiger partial charge in [-0.25, -0.2) is 0 Å². The zero-order valence-electron chi connectivity index (χ0n) is 9.55. The van der Waals surface area contributed by atoms with Gasteiger partial charge in [-0.15, -0.1) is 11.3 Å². The second-order valence-electron chi connectivity index (χ2n) is 3.99. The molecule has 0 fully saturated rings. The Bertz CT molecular complexity index is 550. The van der Waals surface area contributed by atoms with Gasteiger partial charge in [0.05, 0.1) is 5.56 Å². The van der Waals surface area contributed by atoms with E-state index in [-0.39, 0.29) is 4.83 Å². The summed E-state index contributed by atoms with van der Waals surface area (Å²) in [6, 6.07) is 7.62. The number of rotatable bonds is 3. The first kappa shape index (κ1) is 15.1. The maximum Gasteiger partial charge on any atom is 0.416 e. The Kier molecular flexibility index (Phi) is 4.74. The quantitative estimate of drug-likeness (QED) is 0.525. The van der Waals surface area contributed by atoms with Crippen molar-refractivity contribution in [1.82, 2.24) is 0 Å². The first-order valence-corrected chi connectivity index (χ1v) is 8.00. The van der Waals surface area contributed by atoms with Gasteiger partial charge in [0.25, 0.3) is 0 Å². The Morgan fingerprint density at radius 3 is 2.53 bits per heavy atom. The van der Waals surface area contributed by atoms with Crippen molar-refractivity contribution < 1.29 is 13.2 Å². The standard InChI is InChI=1S/C13H9Br2F3S/c14-11-4-3-8(13(16,17)18)6-10(11)12(15)7-9-2-1-5-19-9/h1-6,12H,7H2. The Labute approximate surface area is 129 Å². The second-order valence-corrected chi connectivity index (χ2v) is 6.98. The third kappa shape index (κ3) is 3.83. The molecular weight excluding hydrogens is 405 g/mol. The van der Waals surface area contributed by atoms with E-state index in [0.29, 0.717) is 16.5 Å². The average Bonchev–Trinajstić information content (AvgIpc) is 2.80. The third-order valence-corrected chi connectivity index (χ3v) is 5.06. The van der Waals surface area contributed by atoms with Crippen LogP contribution in [0.2, 0.25) is 0 Å². The topological polar surface area (TPSA) is 0 Å². The smallest absolute Gasteiger partial charge is 0.166 e. The summed E-state index contributed by atoms with van der Waals surface area (Å²) in [4.78, 5) is 0.981. The summed E-state index contributed by atoms with van der Waals surface area (Å²) in [6.45, 7) is 0. The molecule has 1 aromatic carbocycles. The van der Waals surface area contributed by atoms with Crippen LogP contribution in [0.5, 0.6) is 0 Å². The van der Waals surface area contributed by atoms with E-state index in [2.05, 4.69) is 31.9 Å². The normalized spacial score (nSPS) is 13.5. The molecule has 2 rings (SSSR count). The molecule has 0 nitrogen and oxygen atoms in total. The Hall–Kier alpha value is -0.330. The van der Waals surface area contributed by atoms with Crippen molar-refractivity contribution in [2.45, 2.75) is 17.4 Å². The largest absolute Gasteiger partial charge is 0.416 e. The van der Waals surface area contributed by atoms with Crippen molar-refractivity contribution in [2.75, 3.05) is 0 Å². The van der Waals surface area contributed by atoms with E-state index in [9.17, 15) is 13.2 Å². The Morgan fingerprint density at radius 1 is 1.21 bits per heavy atom. The van der Waals surface area contributed by atoms with Crippen LogP contribution in [0.15, 0.2) is 40.2 Å². The summed E-state index contributed by atoms with van der Waals surface area (Å²) in [5.74, 6) is 0. The number of halogens is 5. The SMILES string of the molecule is FC(F)(F)c1ccc(Br)c(C(Br)Cc2cccs2)c1. The maximum atomic E-state index is 12.7. The van der Waals surface area contributed by atoms with Crippen LogP contribution in [0.25, 0.3) is 0 Å². The maximum absolute atomic E-state index is 12.7. The summed E-state index contributed by atoms with van der Waals surface area (Å²) in [6.07, 6.45) is -3.65. The molecule has 0 amide bonds. The molecule has 0 aliphatic carbocycles. The summed E-state index contributed by atoms with van der Waals surface area (Å²) in [5, 5.41) is 1.95. The van der Waals surface area contributed by atoms with Gasteiger partial charge in [0.15, 0.2) is 0 Å². The molecule has 1 unspecified atom stereocenters. The molecule has 0 aliphatic rings. The van der Waals surface area contributed by atoms with Gasteiger partial charge in [0.2, 0.25) is 0 Å². The highest BCUT2D eigenvalue weighted by Crippen LogP contribution is 2.38. The summed E-state index contributed by atoms with van der Waals surface area (Å²) < 4.78 is 38.8. The lowest BCUT2D eigenvalue weighted by Crippen LogP contribution is -2.06. The highest BCUT2D eigenvalue weighted by Gasteiger charge is 2.31. The van der Waals surface area contributed by atoms with Gasteiger partial charge < -0.3 is 0 Å². The van der Waals surface area contributed by atoms with Crippen LogP contribution in [0.3, 0.4) is 0 Å². The van der Waals surface area contributed by atoms with E-state index in [1.165, 1.54) is 12.1 Å². The zero-order valence-corrected chi connectivity index (χ0v) is 13.5. The molecule has 19 heavy (non-hydrogen) atoms.